The maximum Gasteiger partial charge on any atom is 0.0408 e. The van der Waals surface area contributed by atoms with E-state index < -0.39 is 0 Å². The third kappa shape index (κ3) is 3.08. The van der Waals surface area contributed by atoms with Crippen molar-refractivity contribution in [3.05, 3.63) is 56.7 Å². The van der Waals surface area contributed by atoms with Crippen LogP contribution in [0.1, 0.15) is 41.7 Å². The van der Waals surface area contributed by atoms with Gasteiger partial charge in [-0.15, -0.1) is 11.3 Å². The quantitative estimate of drug-likeness (QED) is 0.819. The second-order valence-electron chi connectivity index (χ2n) is 5.52. The smallest absolute Gasteiger partial charge is 0.0408 e. The molecule has 1 aliphatic rings. The summed E-state index contributed by atoms with van der Waals surface area (Å²) in [5.74, 6) is 0.681. The Labute approximate surface area is 130 Å². The van der Waals surface area contributed by atoms with Crippen LogP contribution >= 0.6 is 22.9 Å². The van der Waals surface area contributed by atoms with Gasteiger partial charge in [-0.2, -0.15) is 0 Å². The number of thiophene rings is 1. The summed E-state index contributed by atoms with van der Waals surface area (Å²) in [6, 6.07) is 11.2. The molecule has 1 nitrogen and oxygen atoms in total. The first kappa shape index (κ1) is 14.1. The summed E-state index contributed by atoms with van der Waals surface area (Å²) in [6.07, 6.45) is 3.59. The molecule has 0 atom stereocenters. The molecule has 1 heterocycles. The average Bonchev–Trinajstić information content (AvgIpc) is 2.84. The van der Waals surface area contributed by atoms with Crippen LogP contribution in [0.3, 0.4) is 0 Å². The standard InChI is InChI=1S/C17H20ClNS/c1-2-12-6-7-20-17(12)11-19-16-9-14(10-16)13-4-3-5-15(18)8-13/h3-8,14,16,19H,2,9-11H2,1H3. The van der Waals surface area contributed by atoms with Gasteiger partial charge < -0.3 is 5.32 Å². The summed E-state index contributed by atoms with van der Waals surface area (Å²) in [7, 11) is 0. The molecular formula is C17H20ClNS. The summed E-state index contributed by atoms with van der Waals surface area (Å²) in [6.45, 7) is 3.25. The van der Waals surface area contributed by atoms with E-state index in [1.807, 2.05) is 17.4 Å². The molecule has 3 rings (SSSR count). The first-order chi connectivity index (χ1) is 9.76. The molecule has 2 aromatic rings. The van der Waals surface area contributed by atoms with Crippen molar-refractivity contribution in [2.24, 2.45) is 0 Å². The molecule has 1 aromatic heterocycles. The Balaban J connectivity index is 1.49. The monoisotopic (exact) mass is 305 g/mol. The van der Waals surface area contributed by atoms with E-state index in [0.29, 0.717) is 12.0 Å². The minimum atomic E-state index is 0.658. The Morgan fingerprint density at radius 2 is 2.15 bits per heavy atom. The summed E-state index contributed by atoms with van der Waals surface area (Å²) in [5, 5.41) is 6.74. The van der Waals surface area contributed by atoms with Crippen molar-refractivity contribution in [3.63, 3.8) is 0 Å². The van der Waals surface area contributed by atoms with Gasteiger partial charge >= 0.3 is 0 Å². The fourth-order valence-corrected chi connectivity index (χ4v) is 4.02. The molecule has 0 bridgehead atoms. The zero-order valence-electron chi connectivity index (χ0n) is 11.7. The Hall–Kier alpha value is -0.830. The molecule has 1 saturated carbocycles. The molecule has 0 unspecified atom stereocenters. The van der Waals surface area contributed by atoms with E-state index in [4.69, 9.17) is 11.6 Å². The topological polar surface area (TPSA) is 12.0 Å². The van der Waals surface area contributed by atoms with Crippen LogP contribution in [-0.2, 0) is 13.0 Å². The van der Waals surface area contributed by atoms with E-state index in [1.54, 1.807) is 0 Å². The molecule has 0 spiro atoms. The fraction of sp³-hybridized carbons (Fsp3) is 0.412. The van der Waals surface area contributed by atoms with Gasteiger partial charge in [-0.05, 0) is 59.9 Å². The van der Waals surface area contributed by atoms with Crippen LogP contribution in [-0.4, -0.2) is 6.04 Å². The molecule has 1 aromatic carbocycles. The molecule has 0 aliphatic heterocycles. The van der Waals surface area contributed by atoms with Crippen LogP contribution in [0, 0.1) is 0 Å². The number of aryl methyl sites for hydroxylation is 1. The number of halogens is 1. The van der Waals surface area contributed by atoms with Crippen LogP contribution in [0.4, 0.5) is 0 Å². The van der Waals surface area contributed by atoms with Gasteiger partial charge in [0.15, 0.2) is 0 Å². The Kier molecular flexibility index (Phi) is 4.45. The maximum absolute atomic E-state index is 6.05. The third-order valence-electron chi connectivity index (χ3n) is 4.23. The second-order valence-corrected chi connectivity index (χ2v) is 6.96. The number of rotatable bonds is 5. The van der Waals surface area contributed by atoms with E-state index in [2.05, 4.69) is 41.9 Å². The highest BCUT2D eigenvalue weighted by molar-refractivity contribution is 7.10. The molecule has 1 fully saturated rings. The Morgan fingerprint density at radius 3 is 2.90 bits per heavy atom. The van der Waals surface area contributed by atoms with Crippen molar-refractivity contribution >= 4 is 22.9 Å². The molecule has 1 N–H and O–H groups in total. The van der Waals surface area contributed by atoms with Crippen molar-refractivity contribution in [3.8, 4) is 0 Å². The first-order valence-corrected chi connectivity index (χ1v) is 8.56. The normalized spacial score (nSPS) is 21.7. The van der Waals surface area contributed by atoms with Crippen LogP contribution in [0.2, 0.25) is 5.02 Å². The minimum absolute atomic E-state index is 0.658. The van der Waals surface area contributed by atoms with Crippen LogP contribution < -0.4 is 5.32 Å². The van der Waals surface area contributed by atoms with Crippen LogP contribution in [0.25, 0.3) is 0 Å². The van der Waals surface area contributed by atoms with Gasteiger partial charge in [-0.1, -0.05) is 30.7 Å². The summed E-state index contributed by atoms with van der Waals surface area (Å²) in [5.41, 5.74) is 2.88. The van der Waals surface area contributed by atoms with Crippen molar-refractivity contribution in [1.29, 1.82) is 0 Å². The molecule has 0 saturated heterocycles. The van der Waals surface area contributed by atoms with Crippen molar-refractivity contribution in [2.75, 3.05) is 0 Å². The zero-order chi connectivity index (χ0) is 13.9. The van der Waals surface area contributed by atoms with E-state index in [1.165, 1.54) is 28.8 Å². The molecule has 0 radical (unpaired) electrons. The molecule has 20 heavy (non-hydrogen) atoms. The van der Waals surface area contributed by atoms with Crippen molar-refractivity contribution < 1.29 is 0 Å². The zero-order valence-corrected chi connectivity index (χ0v) is 13.3. The maximum atomic E-state index is 6.05. The molecule has 0 amide bonds. The van der Waals surface area contributed by atoms with E-state index in [-0.39, 0.29) is 0 Å². The largest absolute Gasteiger partial charge is 0.309 e. The van der Waals surface area contributed by atoms with Gasteiger partial charge in [0, 0.05) is 22.5 Å². The summed E-state index contributed by atoms with van der Waals surface area (Å²) in [4.78, 5) is 1.50. The SMILES string of the molecule is CCc1ccsc1CNC1CC(c2cccc(Cl)c2)C1. The predicted molar refractivity (Wildman–Crippen MR) is 87.8 cm³/mol. The number of benzene rings is 1. The second kappa shape index (κ2) is 6.30. The van der Waals surface area contributed by atoms with Gasteiger partial charge in [0.2, 0.25) is 0 Å². The van der Waals surface area contributed by atoms with Crippen LogP contribution in [0.5, 0.6) is 0 Å². The van der Waals surface area contributed by atoms with Gasteiger partial charge in [0.05, 0.1) is 0 Å². The highest BCUT2D eigenvalue weighted by atomic mass is 35.5. The lowest BCUT2D eigenvalue weighted by atomic mass is 9.76. The minimum Gasteiger partial charge on any atom is -0.309 e. The predicted octanol–water partition coefficient (Wildman–Crippen LogP) is 5.00. The Bertz CT molecular complexity index is 572. The summed E-state index contributed by atoms with van der Waals surface area (Å²) < 4.78 is 0. The lowest BCUT2D eigenvalue weighted by molar-refractivity contribution is 0.290. The fourth-order valence-electron chi connectivity index (χ4n) is 2.89. The number of nitrogens with one attached hydrogen (secondary N) is 1. The van der Waals surface area contributed by atoms with Crippen LogP contribution in [0.15, 0.2) is 35.7 Å². The Morgan fingerprint density at radius 1 is 1.30 bits per heavy atom. The highest BCUT2D eigenvalue weighted by Gasteiger charge is 2.29. The number of hydrogen-bond donors (Lipinski definition) is 1. The van der Waals surface area contributed by atoms with Gasteiger partial charge in [0.1, 0.15) is 0 Å². The van der Waals surface area contributed by atoms with Crippen molar-refractivity contribution in [1.82, 2.24) is 5.32 Å². The lowest BCUT2D eigenvalue weighted by Gasteiger charge is -2.36. The van der Waals surface area contributed by atoms with Crippen molar-refractivity contribution in [2.45, 2.75) is 44.7 Å². The molecule has 106 valence electrons. The average molecular weight is 306 g/mol. The lowest BCUT2D eigenvalue weighted by Crippen LogP contribution is -2.39. The molecule has 1 aliphatic carbocycles. The summed E-state index contributed by atoms with van der Waals surface area (Å²) >= 11 is 7.92. The molecule has 3 heteroatoms. The number of hydrogen-bond acceptors (Lipinski definition) is 2. The van der Waals surface area contributed by atoms with E-state index >= 15 is 0 Å². The van der Waals surface area contributed by atoms with E-state index in [9.17, 15) is 0 Å². The first-order valence-electron chi connectivity index (χ1n) is 7.30. The van der Waals surface area contributed by atoms with Gasteiger partial charge in [-0.25, -0.2) is 0 Å². The van der Waals surface area contributed by atoms with Gasteiger partial charge in [0.25, 0.3) is 0 Å². The highest BCUT2D eigenvalue weighted by Crippen LogP contribution is 2.37. The third-order valence-corrected chi connectivity index (χ3v) is 5.43. The van der Waals surface area contributed by atoms with Gasteiger partial charge in [-0.3, -0.25) is 0 Å². The van der Waals surface area contributed by atoms with E-state index in [0.717, 1.165) is 18.0 Å². The molecular weight excluding hydrogens is 286 g/mol.